The van der Waals surface area contributed by atoms with Crippen molar-refractivity contribution in [3.63, 3.8) is 0 Å². The summed E-state index contributed by atoms with van der Waals surface area (Å²) in [6, 6.07) is 0. The van der Waals surface area contributed by atoms with Gasteiger partial charge < -0.3 is 33.8 Å². The Bertz CT molecular complexity index is 1960. The monoisotopic (exact) mass is 1490 g/mol. The molecule has 19 heteroatoms. The number of esters is 4. The van der Waals surface area contributed by atoms with Gasteiger partial charge in [0.15, 0.2) is 12.2 Å². The molecule has 0 heterocycles. The van der Waals surface area contributed by atoms with Crippen LogP contribution in [0.3, 0.4) is 0 Å². The first-order chi connectivity index (χ1) is 49.4. The highest BCUT2D eigenvalue weighted by Crippen LogP contribution is 2.45. The molecular formula is C83H162O17P2. The zero-order valence-corrected chi connectivity index (χ0v) is 68.7. The van der Waals surface area contributed by atoms with Gasteiger partial charge >= 0.3 is 39.5 Å². The number of aliphatic hydroxyl groups excluding tert-OH is 1. The van der Waals surface area contributed by atoms with Crippen LogP contribution in [0.25, 0.3) is 0 Å². The standard InChI is InChI=1S/C83H162O17P2/c1-7-9-11-13-15-17-19-21-22-23-24-25-31-37-43-49-55-61-67-82(87)99-78(71-94-81(86)66-60-54-48-42-36-30-27-26-29-33-39-45-51-57-63-75(3)4)73-97-101(89,90)95-69-77(84)70-96-102(91,92)98-74-79(72-93-80(85)65-59-53-47-41-35-28-20-18-16-14-12-10-8-2)100-83(88)68-62-56-50-44-38-32-34-40-46-52-58-64-76(5)6/h75-79,84H,7-74H2,1-6H3,(H,89,90)(H,91,92)/t77-,78-,79-/m1/s1. The Morgan fingerprint density at radius 1 is 0.265 bits per heavy atom. The maximum atomic E-state index is 13.1. The SMILES string of the molecule is CCCCCCCCCCCCCCCCCCCCC(=O)O[C@H](COC(=O)CCCCCCCCCCCCCCCCC(C)C)COP(=O)(O)OC[C@@H](O)COP(=O)(O)OC[C@@H](COC(=O)CCCCCCCCCCCCCCC)OC(=O)CCCCCCCCCCCCCC(C)C. The maximum Gasteiger partial charge on any atom is 0.472 e. The third kappa shape index (κ3) is 76.3. The highest BCUT2D eigenvalue weighted by molar-refractivity contribution is 7.47. The molecule has 0 aliphatic heterocycles. The third-order valence-electron chi connectivity index (χ3n) is 19.5. The van der Waals surface area contributed by atoms with Gasteiger partial charge in [0.2, 0.25) is 0 Å². The smallest absolute Gasteiger partial charge is 0.462 e. The highest BCUT2D eigenvalue weighted by atomic mass is 31.2. The van der Waals surface area contributed by atoms with Gasteiger partial charge in [-0.1, -0.05) is 388 Å². The second kappa shape index (κ2) is 74.5. The van der Waals surface area contributed by atoms with Gasteiger partial charge in [-0.25, -0.2) is 9.13 Å². The van der Waals surface area contributed by atoms with Gasteiger partial charge in [0, 0.05) is 25.7 Å². The lowest BCUT2D eigenvalue weighted by Crippen LogP contribution is -2.30. The van der Waals surface area contributed by atoms with Crippen LogP contribution >= 0.6 is 15.6 Å². The Labute approximate surface area is 626 Å². The number of hydrogen-bond acceptors (Lipinski definition) is 15. The molecule has 0 saturated heterocycles. The minimum Gasteiger partial charge on any atom is -0.462 e. The van der Waals surface area contributed by atoms with Crippen molar-refractivity contribution in [2.45, 2.75) is 458 Å². The van der Waals surface area contributed by atoms with Crippen molar-refractivity contribution in [3.8, 4) is 0 Å². The van der Waals surface area contributed by atoms with E-state index in [-0.39, 0.29) is 25.7 Å². The zero-order chi connectivity index (χ0) is 74.9. The van der Waals surface area contributed by atoms with Gasteiger partial charge in [0.05, 0.1) is 26.4 Å². The first-order valence-corrected chi connectivity index (χ1v) is 46.0. The van der Waals surface area contributed by atoms with Gasteiger partial charge in [-0.15, -0.1) is 0 Å². The predicted octanol–water partition coefficient (Wildman–Crippen LogP) is 25.1. The Balaban J connectivity index is 5.26. The molecule has 0 aromatic carbocycles. The Kier molecular flexibility index (Phi) is 73.1. The summed E-state index contributed by atoms with van der Waals surface area (Å²) in [6.07, 6.45) is 65.1. The number of carbonyl (C=O) groups excluding carboxylic acids is 4. The molecule has 0 radical (unpaired) electrons. The fraction of sp³-hybridized carbons (Fsp3) is 0.952. The summed E-state index contributed by atoms with van der Waals surface area (Å²) < 4.78 is 68.8. The molecule has 102 heavy (non-hydrogen) atoms. The first kappa shape index (κ1) is 100. The number of phosphoric acid groups is 2. The van der Waals surface area contributed by atoms with Crippen LogP contribution in [-0.4, -0.2) is 96.7 Å². The Morgan fingerprint density at radius 2 is 0.451 bits per heavy atom. The van der Waals surface area contributed by atoms with Gasteiger partial charge in [-0.3, -0.25) is 37.3 Å². The molecule has 0 aliphatic carbocycles. The fourth-order valence-electron chi connectivity index (χ4n) is 12.9. The molecule has 2 unspecified atom stereocenters. The van der Waals surface area contributed by atoms with E-state index in [1.807, 2.05) is 0 Å². The molecule has 17 nitrogen and oxygen atoms in total. The number of aliphatic hydroxyl groups is 1. The predicted molar refractivity (Wildman–Crippen MR) is 418 cm³/mol. The van der Waals surface area contributed by atoms with Gasteiger partial charge in [-0.05, 0) is 37.5 Å². The van der Waals surface area contributed by atoms with Crippen LogP contribution in [0.5, 0.6) is 0 Å². The minimum absolute atomic E-state index is 0.107. The van der Waals surface area contributed by atoms with E-state index in [0.29, 0.717) is 25.7 Å². The van der Waals surface area contributed by atoms with Crippen molar-refractivity contribution in [1.82, 2.24) is 0 Å². The van der Waals surface area contributed by atoms with E-state index >= 15 is 0 Å². The summed E-state index contributed by atoms with van der Waals surface area (Å²) in [7, 11) is -9.92. The molecule has 0 aliphatic rings. The van der Waals surface area contributed by atoms with Crippen molar-refractivity contribution >= 4 is 39.5 Å². The summed E-state index contributed by atoms with van der Waals surface area (Å²) in [5, 5.41) is 10.7. The van der Waals surface area contributed by atoms with Crippen LogP contribution in [0.15, 0.2) is 0 Å². The molecule has 5 atom stereocenters. The summed E-state index contributed by atoms with van der Waals surface area (Å²) >= 11 is 0. The van der Waals surface area contributed by atoms with Crippen molar-refractivity contribution in [2.24, 2.45) is 11.8 Å². The molecule has 0 amide bonds. The zero-order valence-electron chi connectivity index (χ0n) is 66.9. The lowest BCUT2D eigenvalue weighted by atomic mass is 10.0. The molecule has 0 saturated carbocycles. The Hall–Kier alpha value is -1.94. The lowest BCUT2D eigenvalue weighted by Gasteiger charge is -2.21. The minimum atomic E-state index is -4.96. The van der Waals surface area contributed by atoms with E-state index in [2.05, 4.69) is 41.5 Å². The van der Waals surface area contributed by atoms with E-state index in [4.69, 9.17) is 37.0 Å². The lowest BCUT2D eigenvalue weighted by molar-refractivity contribution is -0.161. The molecular weight excluding hydrogens is 1330 g/mol. The second-order valence-electron chi connectivity index (χ2n) is 30.8. The van der Waals surface area contributed by atoms with E-state index in [1.165, 1.54) is 257 Å². The van der Waals surface area contributed by atoms with E-state index < -0.39 is 97.5 Å². The molecule has 0 aromatic rings. The number of unbranched alkanes of at least 4 members (excludes halogenated alkanes) is 52. The molecule has 0 spiro atoms. The quantitative estimate of drug-likeness (QED) is 0.0222. The first-order valence-electron chi connectivity index (χ1n) is 43.0. The summed E-state index contributed by atoms with van der Waals surface area (Å²) in [4.78, 5) is 73.2. The van der Waals surface area contributed by atoms with Crippen LogP contribution in [0.1, 0.15) is 440 Å². The summed E-state index contributed by atoms with van der Waals surface area (Å²) in [5.41, 5.74) is 0. The second-order valence-corrected chi connectivity index (χ2v) is 33.7. The maximum absolute atomic E-state index is 13.1. The fourth-order valence-corrected chi connectivity index (χ4v) is 14.5. The Morgan fingerprint density at radius 3 is 0.667 bits per heavy atom. The van der Waals surface area contributed by atoms with E-state index in [0.717, 1.165) is 102 Å². The third-order valence-corrected chi connectivity index (χ3v) is 21.4. The van der Waals surface area contributed by atoms with Gasteiger partial charge in [0.25, 0.3) is 0 Å². The normalized spacial score (nSPS) is 13.9. The van der Waals surface area contributed by atoms with Crippen LogP contribution in [0.2, 0.25) is 0 Å². The molecule has 0 rings (SSSR count). The van der Waals surface area contributed by atoms with Gasteiger partial charge in [-0.2, -0.15) is 0 Å². The summed E-state index contributed by atoms with van der Waals surface area (Å²) in [5.74, 6) is -0.539. The average Bonchev–Trinajstić information content (AvgIpc) is 0.908. The molecule has 0 aromatic heterocycles. The number of carbonyl (C=O) groups is 4. The topological polar surface area (TPSA) is 237 Å². The van der Waals surface area contributed by atoms with Crippen molar-refractivity contribution in [3.05, 3.63) is 0 Å². The molecule has 0 bridgehead atoms. The van der Waals surface area contributed by atoms with Crippen LogP contribution in [-0.2, 0) is 65.4 Å². The van der Waals surface area contributed by atoms with Crippen molar-refractivity contribution in [1.29, 1.82) is 0 Å². The average molecular weight is 1490 g/mol. The molecule has 606 valence electrons. The highest BCUT2D eigenvalue weighted by Gasteiger charge is 2.30. The van der Waals surface area contributed by atoms with Crippen LogP contribution < -0.4 is 0 Å². The van der Waals surface area contributed by atoms with Crippen molar-refractivity contribution < 1.29 is 80.2 Å². The number of hydrogen-bond donors (Lipinski definition) is 3. The van der Waals surface area contributed by atoms with Gasteiger partial charge in [0.1, 0.15) is 19.3 Å². The number of rotatable bonds is 82. The molecule has 0 fully saturated rings. The van der Waals surface area contributed by atoms with E-state index in [1.54, 1.807) is 0 Å². The molecule has 3 N–H and O–H groups in total. The number of ether oxygens (including phenoxy) is 4. The van der Waals surface area contributed by atoms with Crippen molar-refractivity contribution in [2.75, 3.05) is 39.6 Å². The number of phosphoric ester groups is 2. The van der Waals surface area contributed by atoms with E-state index in [9.17, 15) is 43.2 Å². The van der Waals surface area contributed by atoms with Crippen LogP contribution in [0.4, 0.5) is 0 Å². The summed E-state index contributed by atoms with van der Waals surface area (Å²) in [6.45, 7) is 9.68. The van der Waals surface area contributed by atoms with Crippen LogP contribution in [0, 0.1) is 11.8 Å². The largest absolute Gasteiger partial charge is 0.472 e.